The number of ether oxygens (including phenoxy) is 1. The van der Waals surface area contributed by atoms with Gasteiger partial charge >= 0.3 is 5.97 Å². The van der Waals surface area contributed by atoms with E-state index in [9.17, 15) is 14.7 Å². The van der Waals surface area contributed by atoms with Gasteiger partial charge in [-0.25, -0.2) is 4.79 Å². The maximum atomic E-state index is 13.0. The molecular weight excluding hydrogens is 390 g/mol. The van der Waals surface area contributed by atoms with E-state index in [1.54, 1.807) is 6.07 Å². The molecule has 0 saturated heterocycles. The number of aliphatic carboxylic acids is 1. The van der Waals surface area contributed by atoms with Crippen molar-refractivity contribution in [2.45, 2.75) is 12.5 Å². The van der Waals surface area contributed by atoms with Gasteiger partial charge in [0.1, 0.15) is 6.54 Å². The van der Waals surface area contributed by atoms with Crippen LogP contribution in [0.2, 0.25) is 0 Å². The minimum Gasteiger partial charge on any atom is -0.550 e. The van der Waals surface area contributed by atoms with Crippen molar-refractivity contribution in [1.29, 1.82) is 0 Å². The smallest absolute Gasteiger partial charge is 0.339 e. The van der Waals surface area contributed by atoms with Crippen LogP contribution in [0.4, 0.5) is 0 Å². The van der Waals surface area contributed by atoms with E-state index < -0.39 is 18.0 Å². The van der Waals surface area contributed by atoms with Crippen molar-refractivity contribution < 1.29 is 23.9 Å². The molecule has 0 bridgehead atoms. The van der Waals surface area contributed by atoms with Gasteiger partial charge in [0.05, 0.1) is 26.7 Å². The number of hydrogen-bond acceptors (Lipinski definition) is 4. The number of carboxylic acid groups (broad SMARTS) is 1. The van der Waals surface area contributed by atoms with E-state index in [2.05, 4.69) is 30.3 Å². The maximum Gasteiger partial charge on any atom is 0.339 e. The van der Waals surface area contributed by atoms with Crippen molar-refractivity contribution in [3.63, 3.8) is 0 Å². The van der Waals surface area contributed by atoms with Gasteiger partial charge in [-0.3, -0.25) is 0 Å². The molecule has 0 saturated carbocycles. The zero-order chi connectivity index (χ0) is 22.2. The molecule has 0 aromatic heterocycles. The van der Waals surface area contributed by atoms with Gasteiger partial charge in [0.25, 0.3) is 0 Å². The summed E-state index contributed by atoms with van der Waals surface area (Å²) in [5.41, 5.74) is 0.428. The summed E-state index contributed by atoms with van der Waals surface area (Å²) >= 11 is 0. The van der Waals surface area contributed by atoms with E-state index in [0.717, 1.165) is 32.3 Å². The molecular formula is C26H25NO4. The number of nitrogens with zero attached hydrogens (tertiary/aromatic N) is 1. The van der Waals surface area contributed by atoms with Crippen LogP contribution >= 0.6 is 0 Å². The van der Waals surface area contributed by atoms with Crippen LogP contribution in [-0.2, 0) is 9.53 Å². The van der Waals surface area contributed by atoms with E-state index in [1.165, 1.54) is 0 Å². The second-order valence-electron chi connectivity index (χ2n) is 9.00. The topological polar surface area (TPSA) is 66.4 Å². The molecule has 4 aromatic carbocycles. The zero-order valence-corrected chi connectivity index (χ0v) is 17.9. The SMILES string of the molecule is C[N+](C)(C)CC(CC(=O)[O-])OC(=O)c1cccc2cc3cc4ccccc4cc3cc12. The summed E-state index contributed by atoms with van der Waals surface area (Å²) in [6.45, 7) is 0.374. The van der Waals surface area contributed by atoms with E-state index in [1.807, 2.05) is 51.5 Å². The Morgan fingerprint density at radius 2 is 1.42 bits per heavy atom. The zero-order valence-electron chi connectivity index (χ0n) is 17.9. The molecule has 4 rings (SSSR count). The number of carbonyl (C=O) groups excluding carboxylic acids is 2. The number of quaternary nitrogens is 1. The number of carbonyl (C=O) groups is 2. The Bertz CT molecular complexity index is 1300. The monoisotopic (exact) mass is 415 g/mol. The first-order chi connectivity index (χ1) is 14.7. The van der Waals surface area contributed by atoms with Gasteiger partial charge in [0.15, 0.2) is 6.10 Å². The summed E-state index contributed by atoms with van der Waals surface area (Å²) in [6, 6.07) is 22.0. The molecule has 5 heteroatoms. The van der Waals surface area contributed by atoms with Crippen molar-refractivity contribution in [1.82, 2.24) is 0 Å². The minimum absolute atomic E-state index is 0.332. The number of esters is 1. The standard InChI is InChI=1S/C26H25NO4/c1-27(2,3)16-22(15-25(28)29)31-26(30)23-10-6-9-19-13-20-11-17-7-4-5-8-18(17)12-21(20)14-24(19)23/h4-14,22H,15-16H2,1-3H3. The van der Waals surface area contributed by atoms with Crippen molar-refractivity contribution in [3.05, 3.63) is 72.3 Å². The highest BCUT2D eigenvalue weighted by molar-refractivity contribution is 6.11. The third-order valence-electron chi connectivity index (χ3n) is 5.34. The van der Waals surface area contributed by atoms with Crippen LogP contribution in [0.1, 0.15) is 16.8 Å². The Balaban J connectivity index is 1.75. The highest BCUT2D eigenvalue weighted by Crippen LogP contribution is 2.29. The molecule has 0 radical (unpaired) electrons. The highest BCUT2D eigenvalue weighted by atomic mass is 16.5. The Kier molecular flexibility index (Phi) is 5.38. The second kappa shape index (κ2) is 8.00. The fourth-order valence-corrected chi connectivity index (χ4v) is 4.05. The quantitative estimate of drug-likeness (QED) is 0.275. The van der Waals surface area contributed by atoms with Crippen LogP contribution < -0.4 is 5.11 Å². The van der Waals surface area contributed by atoms with Crippen LogP contribution in [0.15, 0.2) is 66.7 Å². The summed E-state index contributed by atoms with van der Waals surface area (Å²) in [5, 5.41) is 17.3. The van der Waals surface area contributed by atoms with Gasteiger partial charge in [-0.2, -0.15) is 0 Å². The van der Waals surface area contributed by atoms with Crippen LogP contribution in [0.25, 0.3) is 32.3 Å². The van der Waals surface area contributed by atoms with E-state index >= 15 is 0 Å². The first-order valence-electron chi connectivity index (χ1n) is 10.3. The van der Waals surface area contributed by atoms with Crippen molar-refractivity contribution in [2.24, 2.45) is 0 Å². The lowest BCUT2D eigenvalue weighted by Gasteiger charge is -2.29. The lowest BCUT2D eigenvalue weighted by molar-refractivity contribution is -0.873. The Hall–Kier alpha value is -3.44. The van der Waals surface area contributed by atoms with Gasteiger partial charge < -0.3 is 19.1 Å². The number of hydrogen-bond donors (Lipinski definition) is 0. The summed E-state index contributed by atoms with van der Waals surface area (Å²) in [4.78, 5) is 24.2. The van der Waals surface area contributed by atoms with Crippen LogP contribution in [0.3, 0.4) is 0 Å². The van der Waals surface area contributed by atoms with E-state index in [-0.39, 0.29) is 6.42 Å². The fourth-order valence-electron chi connectivity index (χ4n) is 4.05. The van der Waals surface area contributed by atoms with Crippen LogP contribution in [0.5, 0.6) is 0 Å². The fraction of sp³-hybridized carbons (Fsp3) is 0.231. The Morgan fingerprint density at radius 3 is 2.03 bits per heavy atom. The van der Waals surface area contributed by atoms with Crippen LogP contribution in [0, 0.1) is 0 Å². The number of fused-ring (bicyclic) bond motifs is 3. The molecule has 1 unspecified atom stereocenters. The van der Waals surface area contributed by atoms with E-state index in [4.69, 9.17) is 4.74 Å². The summed E-state index contributed by atoms with van der Waals surface area (Å²) in [5.74, 6) is -1.76. The minimum atomic E-state index is -1.23. The Morgan fingerprint density at radius 1 is 0.839 bits per heavy atom. The molecule has 0 fully saturated rings. The number of carboxylic acids is 1. The van der Waals surface area contributed by atoms with Crippen LogP contribution in [-0.4, -0.2) is 50.2 Å². The summed E-state index contributed by atoms with van der Waals surface area (Å²) in [6.07, 6.45) is -1.10. The summed E-state index contributed by atoms with van der Waals surface area (Å²) in [7, 11) is 5.76. The molecule has 158 valence electrons. The van der Waals surface area contributed by atoms with Crippen molar-refractivity contribution >= 4 is 44.3 Å². The normalized spacial score (nSPS) is 12.9. The van der Waals surface area contributed by atoms with Gasteiger partial charge in [-0.05, 0) is 62.6 Å². The predicted octanol–water partition coefficient (Wildman–Crippen LogP) is 3.52. The molecule has 31 heavy (non-hydrogen) atoms. The van der Waals surface area contributed by atoms with Crippen molar-refractivity contribution in [3.8, 4) is 0 Å². The van der Waals surface area contributed by atoms with Gasteiger partial charge in [-0.15, -0.1) is 0 Å². The first kappa shape index (κ1) is 20.8. The number of likely N-dealkylation sites (N-methyl/N-ethyl adjacent to an activating group) is 1. The highest BCUT2D eigenvalue weighted by Gasteiger charge is 2.24. The lowest BCUT2D eigenvalue weighted by atomic mass is 9.97. The van der Waals surface area contributed by atoms with Gasteiger partial charge in [0, 0.05) is 12.4 Å². The second-order valence-corrected chi connectivity index (χ2v) is 9.00. The van der Waals surface area contributed by atoms with Crippen molar-refractivity contribution in [2.75, 3.05) is 27.7 Å². The molecule has 0 aliphatic carbocycles. The van der Waals surface area contributed by atoms with Gasteiger partial charge in [0.2, 0.25) is 0 Å². The Labute approximate surface area is 181 Å². The third kappa shape index (κ3) is 4.67. The largest absolute Gasteiger partial charge is 0.550 e. The molecule has 1 atom stereocenters. The summed E-state index contributed by atoms with van der Waals surface area (Å²) < 4.78 is 6.11. The average molecular weight is 415 g/mol. The molecule has 0 aliphatic heterocycles. The van der Waals surface area contributed by atoms with E-state index in [0.29, 0.717) is 16.6 Å². The predicted molar refractivity (Wildman–Crippen MR) is 121 cm³/mol. The first-order valence-corrected chi connectivity index (χ1v) is 10.3. The number of rotatable bonds is 6. The lowest BCUT2D eigenvalue weighted by Crippen LogP contribution is -2.45. The molecule has 0 aliphatic rings. The molecule has 0 heterocycles. The molecule has 4 aromatic rings. The third-order valence-corrected chi connectivity index (χ3v) is 5.34. The average Bonchev–Trinajstić information content (AvgIpc) is 2.68. The maximum absolute atomic E-state index is 13.0. The molecule has 0 N–H and O–H groups in total. The molecule has 0 spiro atoms. The molecule has 0 amide bonds. The molecule has 5 nitrogen and oxygen atoms in total. The van der Waals surface area contributed by atoms with Gasteiger partial charge in [-0.1, -0.05) is 36.4 Å². The number of benzene rings is 4.